The first-order chi connectivity index (χ1) is 16.3. The number of hydrogen-bond acceptors (Lipinski definition) is 3. The number of anilines is 2. The number of hydrogen-bond donors (Lipinski definition) is 2. The minimum absolute atomic E-state index is 0.0429. The monoisotopic (exact) mass is 501 g/mol. The summed E-state index contributed by atoms with van der Waals surface area (Å²) in [5, 5.41) is 5.12. The van der Waals surface area contributed by atoms with Gasteiger partial charge in [-0.1, -0.05) is 13.8 Å². The second kappa shape index (κ2) is 10.2. The fraction of sp³-hybridized carbons (Fsp3) is 0.417. The second-order valence-corrected chi connectivity index (χ2v) is 8.78. The van der Waals surface area contributed by atoms with Crippen LogP contribution in [0.25, 0.3) is 0 Å². The van der Waals surface area contributed by atoms with Crippen LogP contribution in [0.1, 0.15) is 58.5 Å². The van der Waals surface area contributed by atoms with Crippen LogP contribution >= 0.6 is 0 Å². The molecule has 0 aliphatic carbocycles. The van der Waals surface area contributed by atoms with E-state index >= 15 is 0 Å². The number of carbonyl (C=O) groups is 2. The molecule has 0 atom stereocenters. The zero-order valence-electron chi connectivity index (χ0n) is 19.1. The van der Waals surface area contributed by atoms with E-state index in [0.717, 1.165) is 25.9 Å². The smallest absolute Gasteiger partial charge is 0.371 e. The molecule has 2 aromatic carbocycles. The molecule has 1 aliphatic rings. The van der Waals surface area contributed by atoms with E-state index in [0.29, 0.717) is 24.4 Å². The summed E-state index contributed by atoms with van der Waals surface area (Å²) in [5.41, 5.74) is -3.02. The van der Waals surface area contributed by atoms with Gasteiger partial charge in [-0.2, -0.15) is 26.3 Å². The van der Waals surface area contributed by atoms with E-state index < -0.39 is 40.9 Å². The van der Waals surface area contributed by atoms with Gasteiger partial charge in [-0.15, -0.1) is 0 Å². The minimum atomic E-state index is -5.07. The Morgan fingerprint density at radius 2 is 1.46 bits per heavy atom. The molecule has 2 amide bonds. The fourth-order valence-corrected chi connectivity index (χ4v) is 3.71. The van der Waals surface area contributed by atoms with Crippen molar-refractivity contribution in [2.45, 2.75) is 39.0 Å². The van der Waals surface area contributed by atoms with Crippen molar-refractivity contribution in [1.82, 2.24) is 5.32 Å². The largest absolute Gasteiger partial charge is 0.416 e. The highest BCUT2D eigenvalue weighted by atomic mass is 19.4. The Balaban J connectivity index is 1.94. The third-order valence-corrected chi connectivity index (χ3v) is 5.47. The van der Waals surface area contributed by atoms with Gasteiger partial charge in [-0.3, -0.25) is 9.59 Å². The zero-order chi connectivity index (χ0) is 26.0. The summed E-state index contributed by atoms with van der Waals surface area (Å²) in [4.78, 5) is 27.5. The van der Waals surface area contributed by atoms with E-state index in [1.165, 1.54) is 12.1 Å². The van der Waals surface area contributed by atoms with Crippen LogP contribution in [0.4, 0.5) is 37.7 Å². The molecule has 0 aromatic heterocycles. The highest BCUT2D eigenvalue weighted by molar-refractivity contribution is 6.06. The van der Waals surface area contributed by atoms with Crippen molar-refractivity contribution in [2.75, 3.05) is 29.9 Å². The van der Waals surface area contributed by atoms with Crippen LogP contribution in [0.5, 0.6) is 0 Å². The van der Waals surface area contributed by atoms with Crippen molar-refractivity contribution in [3.8, 4) is 0 Å². The Morgan fingerprint density at radius 1 is 0.886 bits per heavy atom. The number of amides is 2. The molecule has 0 saturated carbocycles. The van der Waals surface area contributed by atoms with E-state index in [2.05, 4.69) is 10.6 Å². The zero-order valence-corrected chi connectivity index (χ0v) is 19.1. The van der Waals surface area contributed by atoms with Crippen LogP contribution < -0.4 is 15.5 Å². The number of alkyl halides is 6. The minimum Gasteiger partial charge on any atom is -0.371 e. The Bertz CT molecular complexity index is 1060. The molecule has 0 unspecified atom stereocenters. The van der Waals surface area contributed by atoms with Gasteiger partial charge in [0.25, 0.3) is 11.8 Å². The van der Waals surface area contributed by atoms with Gasteiger partial charge in [0.1, 0.15) is 0 Å². The van der Waals surface area contributed by atoms with Crippen LogP contribution in [0.3, 0.4) is 0 Å². The van der Waals surface area contributed by atoms with Gasteiger partial charge < -0.3 is 15.5 Å². The van der Waals surface area contributed by atoms with Crippen molar-refractivity contribution in [3.63, 3.8) is 0 Å². The lowest BCUT2D eigenvalue weighted by atomic mass is 10.0. The SMILES string of the molecule is CC(C)CNC(=O)c1cc(NC(=O)c2cc(C(F)(F)F)cc(C(F)(F)F)c2)ccc1N1CCCC1. The van der Waals surface area contributed by atoms with E-state index in [1.807, 2.05) is 18.7 Å². The highest BCUT2D eigenvalue weighted by Crippen LogP contribution is 2.36. The Labute approximate surface area is 198 Å². The highest BCUT2D eigenvalue weighted by Gasteiger charge is 2.37. The third-order valence-electron chi connectivity index (χ3n) is 5.47. The number of nitrogens with one attached hydrogen (secondary N) is 2. The van der Waals surface area contributed by atoms with E-state index in [1.54, 1.807) is 6.07 Å². The standard InChI is InChI=1S/C24H25F6N3O2/c1-14(2)13-31-22(35)19-12-18(5-6-20(19)33-7-3-4-8-33)32-21(34)15-9-16(23(25,26)27)11-17(10-15)24(28,29)30/h5-6,9-12,14H,3-4,7-8,13H2,1-2H3,(H,31,35)(H,32,34). The maximum atomic E-state index is 13.1. The molecule has 0 radical (unpaired) electrons. The van der Waals surface area contributed by atoms with Crippen LogP contribution in [-0.4, -0.2) is 31.4 Å². The Hall–Kier alpha value is -3.24. The first-order valence-electron chi connectivity index (χ1n) is 11.0. The summed E-state index contributed by atoms with van der Waals surface area (Å²) in [7, 11) is 0. The predicted molar refractivity (Wildman–Crippen MR) is 119 cm³/mol. The van der Waals surface area contributed by atoms with Crippen molar-refractivity contribution >= 4 is 23.2 Å². The average molecular weight is 501 g/mol. The molecule has 1 heterocycles. The number of carbonyl (C=O) groups excluding carboxylic acids is 2. The lowest BCUT2D eigenvalue weighted by molar-refractivity contribution is -0.143. The van der Waals surface area contributed by atoms with E-state index in [9.17, 15) is 35.9 Å². The average Bonchev–Trinajstić information content (AvgIpc) is 3.30. The normalized spacial score (nSPS) is 14.4. The molecule has 1 fully saturated rings. The van der Waals surface area contributed by atoms with Crippen molar-refractivity contribution < 1.29 is 35.9 Å². The number of rotatable bonds is 6. The summed E-state index contributed by atoms with van der Waals surface area (Å²) in [6, 6.07) is 5.12. The molecule has 5 nitrogen and oxygen atoms in total. The van der Waals surface area contributed by atoms with Crippen LogP contribution in [-0.2, 0) is 12.4 Å². The van der Waals surface area contributed by atoms with Crippen LogP contribution in [0.15, 0.2) is 36.4 Å². The molecular weight excluding hydrogens is 476 g/mol. The van der Waals surface area contributed by atoms with Crippen molar-refractivity contribution in [3.05, 3.63) is 58.7 Å². The van der Waals surface area contributed by atoms with Gasteiger partial charge >= 0.3 is 12.4 Å². The molecular formula is C24H25F6N3O2. The lowest BCUT2D eigenvalue weighted by Crippen LogP contribution is -2.30. The molecule has 2 aromatic rings. The topological polar surface area (TPSA) is 61.4 Å². The van der Waals surface area contributed by atoms with E-state index in [4.69, 9.17) is 0 Å². The van der Waals surface area contributed by atoms with Crippen molar-refractivity contribution in [1.29, 1.82) is 0 Å². The number of benzene rings is 2. The molecule has 1 saturated heterocycles. The van der Waals surface area contributed by atoms with Gasteiger partial charge in [0.2, 0.25) is 0 Å². The van der Waals surface area contributed by atoms with Gasteiger partial charge in [0.15, 0.2) is 0 Å². The van der Waals surface area contributed by atoms with Gasteiger partial charge in [-0.05, 0) is 55.2 Å². The van der Waals surface area contributed by atoms with Gasteiger partial charge in [-0.25, -0.2) is 0 Å². The summed E-state index contributed by atoms with van der Waals surface area (Å²) in [6.07, 6.45) is -8.25. The number of nitrogens with zero attached hydrogens (tertiary/aromatic N) is 1. The molecule has 1 aliphatic heterocycles. The predicted octanol–water partition coefficient (Wildman–Crippen LogP) is 5.96. The van der Waals surface area contributed by atoms with Crippen LogP contribution in [0, 0.1) is 5.92 Å². The molecule has 35 heavy (non-hydrogen) atoms. The summed E-state index contributed by atoms with van der Waals surface area (Å²) in [5.74, 6) is -1.38. The Morgan fingerprint density at radius 3 is 1.97 bits per heavy atom. The van der Waals surface area contributed by atoms with Gasteiger partial charge in [0, 0.05) is 36.6 Å². The summed E-state index contributed by atoms with van der Waals surface area (Å²) < 4.78 is 78.8. The maximum Gasteiger partial charge on any atom is 0.416 e. The van der Waals surface area contributed by atoms with Gasteiger partial charge in [0.05, 0.1) is 16.7 Å². The molecule has 190 valence electrons. The fourth-order valence-electron chi connectivity index (χ4n) is 3.71. The van der Waals surface area contributed by atoms with Crippen LogP contribution in [0.2, 0.25) is 0 Å². The molecule has 0 bridgehead atoms. The molecule has 11 heteroatoms. The first kappa shape index (κ1) is 26.4. The second-order valence-electron chi connectivity index (χ2n) is 8.78. The first-order valence-corrected chi connectivity index (χ1v) is 11.0. The van der Waals surface area contributed by atoms with E-state index in [-0.39, 0.29) is 23.2 Å². The van der Waals surface area contributed by atoms with Crippen molar-refractivity contribution in [2.24, 2.45) is 5.92 Å². The summed E-state index contributed by atoms with van der Waals surface area (Å²) in [6.45, 7) is 5.71. The summed E-state index contributed by atoms with van der Waals surface area (Å²) >= 11 is 0. The third kappa shape index (κ3) is 6.67. The number of halogens is 6. The Kier molecular flexibility index (Phi) is 7.66. The molecule has 0 spiro atoms. The quantitative estimate of drug-likeness (QED) is 0.480. The molecule has 2 N–H and O–H groups in total. The molecule has 3 rings (SSSR count). The lowest BCUT2D eigenvalue weighted by Gasteiger charge is -2.22. The maximum absolute atomic E-state index is 13.1.